The summed E-state index contributed by atoms with van der Waals surface area (Å²) in [7, 11) is 0. The van der Waals surface area contributed by atoms with E-state index in [-0.39, 0.29) is 5.54 Å². The van der Waals surface area contributed by atoms with E-state index in [4.69, 9.17) is 5.26 Å². The molecule has 1 fully saturated rings. The summed E-state index contributed by atoms with van der Waals surface area (Å²) >= 11 is 0. The molecular weight excluding hydrogens is 164 g/mol. The quantitative estimate of drug-likeness (QED) is 0.734. The van der Waals surface area contributed by atoms with Crippen LogP contribution in [0.3, 0.4) is 0 Å². The summed E-state index contributed by atoms with van der Waals surface area (Å²) in [5.41, 5.74) is 0.600. The van der Waals surface area contributed by atoms with Gasteiger partial charge in [-0.1, -0.05) is 0 Å². The highest BCUT2D eigenvalue weighted by Gasteiger charge is 2.37. The van der Waals surface area contributed by atoms with Gasteiger partial charge >= 0.3 is 0 Å². The van der Waals surface area contributed by atoms with Crippen molar-refractivity contribution in [3.63, 3.8) is 0 Å². The van der Waals surface area contributed by atoms with Crippen molar-refractivity contribution in [3.05, 3.63) is 18.1 Å². The van der Waals surface area contributed by atoms with Gasteiger partial charge in [0, 0.05) is 11.6 Å². The fourth-order valence-electron chi connectivity index (χ4n) is 1.11. The van der Waals surface area contributed by atoms with Crippen molar-refractivity contribution >= 4 is 5.82 Å². The van der Waals surface area contributed by atoms with E-state index in [0.717, 1.165) is 5.82 Å². The van der Waals surface area contributed by atoms with Crippen LogP contribution in [-0.4, -0.2) is 15.5 Å². The van der Waals surface area contributed by atoms with Crippen LogP contribution in [0.25, 0.3) is 0 Å². The number of nitriles is 1. The lowest BCUT2D eigenvalue weighted by Crippen LogP contribution is -2.16. The van der Waals surface area contributed by atoms with Gasteiger partial charge in [-0.25, -0.2) is 9.97 Å². The van der Waals surface area contributed by atoms with E-state index in [1.54, 1.807) is 6.07 Å². The van der Waals surface area contributed by atoms with Crippen molar-refractivity contribution in [2.45, 2.75) is 25.3 Å². The maximum atomic E-state index is 8.61. The van der Waals surface area contributed by atoms with Gasteiger partial charge in [0.25, 0.3) is 0 Å². The number of hydrogen-bond acceptors (Lipinski definition) is 4. The monoisotopic (exact) mass is 174 g/mol. The number of rotatable bonds is 2. The summed E-state index contributed by atoms with van der Waals surface area (Å²) in [4.78, 5) is 7.84. The predicted molar refractivity (Wildman–Crippen MR) is 48.0 cm³/mol. The molecule has 4 heteroatoms. The molecule has 1 aromatic heterocycles. The Hall–Kier alpha value is -1.63. The Balaban J connectivity index is 2.17. The molecule has 0 unspecified atom stereocenters. The van der Waals surface area contributed by atoms with Crippen LogP contribution in [0.5, 0.6) is 0 Å². The summed E-state index contributed by atoms with van der Waals surface area (Å²) in [6.07, 6.45) is 3.74. The first-order valence-corrected chi connectivity index (χ1v) is 4.22. The van der Waals surface area contributed by atoms with Crippen LogP contribution in [0.4, 0.5) is 5.82 Å². The molecule has 1 aliphatic carbocycles. The minimum absolute atomic E-state index is 0.196. The summed E-state index contributed by atoms with van der Waals surface area (Å²) in [6, 6.07) is 3.65. The normalized spacial score (nSPS) is 17.5. The first kappa shape index (κ1) is 7.99. The molecule has 2 rings (SSSR count). The molecular formula is C9H10N4. The third kappa shape index (κ3) is 1.75. The number of anilines is 1. The largest absolute Gasteiger partial charge is 0.365 e. The second-order valence-corrected chi connectivity index (χ2v) is 3.59. The molecule has 0 aromatic carbocycles. The first-order chi connectivity index (χ1) is 6.22. The van der Waals surface area contributed by atoms with Crippen LogP contribution in [0.15, 0.2) is 12.4 Å². The molecule has 0 radical (unpaired) electrons. The van der Waals surface area contributed by atoms with Crippen molar-refractivity contribution < 1.29 is 0 Å². The lowest BCUT2D eigenvalue weighted by molar-refractivity contribution is 0.819. The Morgan fingerprint density at radius 2 is 2.31 bits per heavy atom. The van der Waals surface area contributed by atoms with Gasteiger partial charge in [-0.05, 0) is 19.8 Å². The Bertz CT molecular complexity index is 362. The Morgan fingerprint density at radius 1 is 1.54 bits per heavy atom. The van der Waals surface area contributed by atoms with Crippen LogP contribution in [0, 0.1) is 11.3 Å². The van der Waals surface area contributed by atoms with E-state index >= 15 is 0 Å². The zero-order valence-electron chi connectivity index (χ0n) is 7.41. The maximum absolute atomic E-state index is 8.61. The molecule has 0 bridgehead atoms. The van der Waals surface area contributed by atoms with Crippen molar-refractivity contribution in [2.75, 3.05) is 5.32 Å². The van der Waals surface area contributed by atoms with Gasteiger partial charge in [-0.3, -0.25) is 0 Å². The first-order valence-electron chi connectivity index (χ1n) is 4.22. The molecule has 1 heterocycles. The highest BCUT2D eigenvalue weighted by atomic mass is 15.1. The van der Waals surface area contributed by atoms with Crippen molar-refractivity contribution in [2.24, 2.45) is 0 Å². The molecule has 1 aliphatic rings. The van der Waals surface area contributed by atoms with Crippen LogP contribution < -0.4 is 5.32 Å². The van der Waals surface area contributed by atoms with Crippen molar-refractivity contribution in [3.8, 4) is 6.07 Å². The van der Waals surface area contributed by atoms with E-state index in [9.17, 15) is 0 Å². The highest BCUT2D eigenvalue weighted by Crippen LogP contribution is 2.37. The number of aromatic nitrogens is 2. The van der Waals surface area contributed by atoms with Gasteiger partial charge in [0.05, 0.1) is 0 Å². The molecule has 1 aromatic rings. The minimum Gasteiger partial charge on any atom is -0.365 e. The SMILES string of the molecule is CC1(Nc2cc(C#N)ncn2)CC1. The molecule has 0 atom stereocenters. The zero-order chi connectivity index (χ0) is 9.31. The van der Waals surface area contributed by atoms with E-state index in [0.29, 0.717) is 5.69 Å². The van der Waals surface area contributed by atoms with Crippen LogP contribution >= 0.6 is 0 Å². The van der Waals surface area contributed by atoms with Gasteiger partial charge in [0.15, 0.2) is 0 Å². The number of nitrogens with one attached hydrogen (secondary N) is 1. The van der Waals surface area contributed by atoms with E-state index in [1.807, 2.05) is 6.07 Å². The van der Waals surface area contributed by atoms with Crippen molar-refractivity contribution in [1.82, 2.24) is 9.97 Å². The van der Waals surface area contributed by atoms with Gasteiger partial charge in [0.2, 0.25) is 0 Å². The maximum Gasteiger partial charge on any atom is 0.145 e. The fraction of sp³-hybridized carbons (Fsp3) is 0.444. The second kappa shape index (κ2) is 2.70. The standard InChI is InChI=1S/C9H10N4/c1-9(2-3-9)13-8-4-7(5-10)11-6-12-8/h4,6H,2-3H2,1H3,(H,11,12,13). The fourth-order valence-corrected chi connectivity index (χ4v) is 1.11. The second-order valence-electron chi connectivity index (χ2n) is 3.59. The molecule has 0 aliphatic heterocycles. The predicted octanol–water partition coefficient (Wildman–Crippen LogP) is 1.31. The molecule has 0 saturated heterocycles. The summed E-state index contributed by atoms with van der Waals surface area (Å²) in [5, 5.41) is 11.9. The van der Waals surface area contributed by atoms with Gasteiger partial charge < -0.3 is 5.32 Å². The smallest absolute Gasteiger partial charge is 0.145 e. The summed E-state index contributed by atoms with van der Waals surface area (Å²) < 4.78 is 0. The molecule has 1 N–H and O–H groups in total. The Morgan fingerprint density at radius 3 is 2.92 bits per heavy atom. The lowest BCUT2D eigenvalue weighted by Gasteiger charge is -2.11. The average Bonchev–Trinajstić information content (AvgIpc) is 2.84. The van der Waals surface area contributed by atoms with Crippen LogP contribution in [0.1, 0.15) is 25.5 Å². The highest BCUT2D eigenvalue weighted by molar-refractivity contribution is 5.42. The van der Waals surface area contributed by atoms with E-state index in [1.165, 1.54) is 19.2 Å². The summed E-state index contributed by atoms with van der Waals surface area (Å²) in [6.45, 7) is 2.14. The van der Waals surface area contributed by atoms with Crippen LogP contribution in [0.2, 0.25) is 0 Å². The van der Waals surface area contributed by atoms with Gasteiger partial charge in [0.1, 0.15) is 23.9 Å². The molecule has 66 valence electrons. The molecule has 4 nitrogen and oxygen atoms in total. The molecule has 0 amide bonds. The van der Waals surface area contributed by atoms with E-state index < -0.39 is 0 Å². The van der Waals surface area contributed by atoms with Gasteiger partial charge in [-0.15, -0.1) is 0 Å². The average molecular weight is 174 g/mol. The van der Waals surface area contributed by atoms with Crippen LogP contribution in [-0.2, 0) is 0 Å². The third-order valence-electron chi connectivity index (χ3n) is 2.21. The lowest BCUT2D eigenvalue weighted by atomic mass is 10.3. The Labute approximate surface area is 76.6 Å². The number of nitrogens with zero attached hydrogens (tertiary/aromatic N) is 3. The number of hydrogen-bond donors (Lipinski definition) is 1. The third-order valence-corrected chi connectivity index (χ3v) is 2.21. The minimum atomic E-state index is 0.196. The zero-order valence-corrected chi connectivity index (χ0v) is 7.41. The summed E-state index contributed by atoms with van der Waals surface area (Å²) in [5.74, 6) is 0.742. The topological polar surface area (TPSA) is 61.6 Å². The van der Waals surface area contributed by atoms with Crippen molar-refractivity contribution in [1.29, 1.82) is 5.26 Å². The van der Waals surface area contributed by atoms with E-state index in [2.05, 4.69) is 22.2 Å². The van der Waals surface area contributed by atoms with Gasteiger partial charge in [-0.2, -0.15) is 5.26 Å². The molecule has 1 saturated carbocycles. The molecule has 0 spiro atoms. The molecule has 13 heavy (non-hydrogen) atoms. The Kier molecular flexibility index (Phi) is 1.66.